The molecule has 106 valence electrons. The molecule has 19 heavy (non-hydrogen) atoms. The summed E-state index contributed by atoms with van der Waals surface area (Å²) in [6.45, 7) is 2.70. The maximum absolute atomic E-state index is 12.1. The summed E-state index contributed by atoms with van der Waals surface area (Å²) in [6.07, 6.45) is 0. The van der Waals surface area contributed by atoms with Crippen LogP contribution in [-0.4, -0.2) is 31.3 Å². The van der Waals surface area contributed by atoms with Crippen LogP contribution < -0.4 is 4.31 Å². The van der Waals surface area contributed by atoms with E-state index in [1.54, 1.807) is 0 Å². The van der Waals surface area contributed by atoms with E-state index in [1.807, 2.05) is 0 Å². The van der Waals surface area contributed by atoms with Crippen molar-refractivity contribution < 1.29 is 18.3 Å². The first-order chi connectivity index (χ1) is 8.70. The van der Waals surface area contributed by atoms with Crippen molar-refractivity contribution in [2.45, 2.75) is 19.9 Å². The molecule has 1 N–H and O–H groups in total. The normalized spacial score (nSPS) is 13.1. The molecule has 1 rings (SSSR count). The van der Waals surface area contributed by atoms with Crippen molar-refractivity contribution in [2.75, 3.05) is 10.1 Å². The molecule has 0 aromatic heterocycles. The zero-order valence-corrected chi connectivity index (χ0v) is 12.6. The molecule has 0 saturated carbocycles. The van der Waals surface area contributed by atoms with Crippen molar-refractivity contribution >= 4 is 44.9 Å². The van der Waals surface area contributed by atoms with Crippen LogP contribution >= 0.6 is 23.2 Å². The van der Waals surface area contributed by atoms with Gasteiger partial charge in [0.2, 0.25) is 10.0 Å². The predicted molar refractivity (Wildman–Crippen MR) is 75.5 cm³/mol. The molecule has 0 spiro atoms. The zero-order chi connectivity index (χ0) is 14.8. The molecule has 1 atom stereocenters. The Kier molecular flexibility index (Phi) is 5.06. The van der Waals surface area contributed by atoms with Crippen LogP contribution in [0.5, 0.6) is 0 Å². The molecule has 8 heteroatoms. The van der Waals surface area contributed by atoms with Gasteiger partial charge in [0.25, 0.3) is 0 Å². The minimum atomic E-state index is -3.79. The Balaban J connectivity index is 3.48. The van der Waals surface area contributed by atoms with Crippen LogP contribution in [0.3, 0.4) is 0 Å². The molecule has 0 bridgehead atoms. The van der Waals surface area contributed by atoms with E-state index >= 15 is 0 Å². The van der Waals surface area contributed by atoms with Crippen molar-refractivity contribution in [3.63, 3.8) is 0 Å². The summed E-state index contributed by atoms with van der Waals surface area (Å²) in [5.41, 5.74) is 0.0610. The lowest BCUT2D eigenvalue weighted by Crippen LogP contribution is -2.44. The summed E-state index contributed by atoms with van der Waals surface area (Å²) in [5, 5.41) is 9.44. The lowest BCUT2D eigenvalue weighted by atomic mass is 10.2. The highest BCUT2D eigenvalue weighted by Crippen LogP contribution is 2.32. The summed E-state index contributed by atoms with van der Waals surface area (Å²) in [6, 6.07) is 2.97. The number of sulfonamides is 1. The number of carbonyl (C=O) groups is 1. The number of rotatable bonds is 5. The van der Waals surface area contributed by atoms with Gasteiger partial charge in [-0.3, -0.25) is 4.31 Å². The van der Waals surface area contributed by atoms with E-state index in [-0.39, 0.29) is 21.5 Å². The third-order valence-electron chi connectivity index (χ3n) is 2.52. The van der Waals surface area contributed by atoms with Gasteiger partial charge in [-0.1, -0.05) is 23.2 Å². The number of aliphatic carboxylic acids is 1. The maximum Gasteiger partial charge on any atom is 0.327 e. The van der Waals surface area contributed by atoms with Gasteiger partial charge in [0.05, 0.1) is 16.5 Å². The number of benzene rings is 1. The second-order valence-corrected chi connectivity index (χ2v) is 6.78. The molecule has 0 heterocycles. The fourth-order valence-corrected chi connectivity index (χ4v) is 3.22. The summed E-state index contributed by atoms with van der Waals surface area (Å²) in [7, 11) is -3.79. The standard InChI is InChI=1S/C11H13Cl2NO4S/c1-3-19(17,18)14(7(2)11(15)16)10-6-8(12)4-5-9(10)13/h4-7H,3H2,1-2H3,(H,15,16). The highest BCUT2D eigenvalue weighted by molar-refractivity contribution is 7.92. The van der Waals surface area contributed by atoms with Gasteiger partial charge in [0, 0.05) is 5.02 Å². The molecule has 1 aromatic carbocycles. The minimum Gasteiger partial charge on any atom is -0.480 e. The van der Waals surface area contributed by atoms with Crippen LogP contribution in [0.4, 0.5) is 5.69 Å². The molecule has 0 radical (unpaired) electrons. The molecule has 0 saturated heterocycles. The average Bonchev–Trinajstić information content (AvgIpc) is 2.33. The fourth-order valence-electron chi connectivity index (χ4n) is 1.49. The number of hydrogen-bond acceptors (Lipinski definition) is 3. The Morgan fingerprint density at radius 1 is 1.42 bits per heavy atom. The SMILES string of the molecule is CCS(=O)(=O)N(c1cc(Cl)ccc1Cl)C(C)C(=O)O. The first-order valence-corrected chi connectivity index (χ1v) is 7.77. The van der Waals surface area contributed by atoms with Crippen molar-refractivity contribution in [2.24, 2.45) is 0 Å². The highest BCUT2D eigenvalue weighted by atomic mass is 35.5. The molecule has 1 unspecified atom stereocenters. The van der Waals surface area contributed by atoms with E-state index in [0.29, 0.717) is 0 Å². The number of anilines is 1. The van der Waals surface area contributed by atoms with E-state index in [2.05, 4.69) is 0 Å². The van der Waals surface area contributed by atoms with Crippen molar-refractivity contribution in [3.8, 4) is 0 Å². The zero-order valence-electron chi connectivity index (χ0n) is 10.3. The van der Waals surface area contributed by atoms with Crippen LogP contribution in [0, 0.1) is 0 Å². The largest absolute Gasteiger partial charge is 0.480 e. The van der Waals surface area contributed by atoms with Gasteiger partial charge in [-0.15, -0.1) is 0 Å². The highest BCUT2D eigenvalue weighted by Gasteiger charge is 2.32. The number of nitrogens with zero attached hydrogens (tertiary/aromatic N) is 1. The number of carboxylic acid groups (broad SMARTS) is 1. The predicted octanol–water partition coefficient (Wildman–Crippen LogP) is 2.62. The van der Waals surface area contributed by atoms with Gasteiger partial charge < -0.3 is 5.11 Å². The molecule has 0 aliphatic carbocycles. The molecule has 1 aromatic rings. The lowest BCUT2D eigenvalue weighted by molar-refractivity contribution is -0.137. The third kappa shape index (κ3) is 3.52. The van der Waals surface area contributed by atoms with Crippen LogP contribution in [0.2, 0.25) is 10.0 Å². The van der Waals surface area contributed by atoms with E-state index in [4.69, 9.17) is 28.3 Å². The number of hydrogen-bond donors (Lipinski definition) is 1. The van der Waals surface area contributed by atoms with Gasteiger partial charge in [-0.2, -0.15) is 0 Å². The van der Waals surface area contributed by atoms with Gasteiger partial charge in [-0.05, 0) is 32.0 Å². The molecule has 0 amide bonds. The smallest absolute Gasteiger partial charge is 0.327 e. The molecular formula is C11H13Cl2NO4S. The fraction of sp³-hybridized carbons (Fsp3) is 0.364. The van der Waals surface area contributed by atoms with Crippen molar-refractivity contribution in [3.05, 3.63) is 28.2 Å². The van der Waals surface area contributed by atoms with E-state index in [9.17, 15) is 13.2 Å². The van der Waals surface area contributed by atoms with Crippen LogP contribution in [-0.2, 0) is 14.8 Å². The Hall–Kier alpha value is -0.980. The van der Waals surface area contributed by atoms with Gasteiger partial charge >= 0.3 is 5.97 Å². The minimum absolute atomic E-state index is 0.0610. The van der Waals surface area contributed by atoms with Crippen LogP contribution in [0.1, 0.15) is 13.8 Å². The first-order valence-electron chi connectivity index (χ1n) is 5.40. The van der Waals surface area contributed by atoms with Crippen LogP contribution in [0.25, 0.3) is 0 Å². The summed E-state index contributed by atoms with van der Waals surface area (Å²) < 4.78 is 24.9. The first kappa shape index (κ1) is 16.1. The van der Waals surface area contributed by atoms with Crippen molar-refractivity contribution in [1.29, 1.82) is 0 Å². The Morgan fingerprint density at radius 3 is 2.47 bits per heavy atom. The quantitative estimate of drug-likeness (QED) is 0.902. The maximum atomic E-state index is 12.1. The third-order valence-corrected chi connectivity index (χ3v) is 4.92. The van der Waals surface area contributed by atoms with E-state index < -0.39 is 22.0 Å². The monoisotopic (exact) mass is 325 g/mol. The van der Waals surface area contributed by atoms with Crippen molar-refractivity contribution in [1.82, 2.24) is 0 Å². The summed E-state index contributed by atoms with van der Waals surface area (Å²) in [4.78, 5) is 11.1. The number of halogens is 2. The molecule has 0 fully saturated rings. The van der Waals surface area contributed by atoms with Crippen LogP contribution in [0.15, 0.2) is 18.2 Å². The molecule has 0 aliphatic rings. The number of carboxylic acids is 1. The topological polar surface area (TPSA) is 74.7 Å². The van der Waals surface area contributed by atoms with Gasteiger partial charge in [0.1, 0.15) is 6.04 Å². The Morgan fingerprint density at radius 2 is 2.00 bits per heavy atom. The lowest BCUT2D eigenvalue weighted by Gasteiger charge is -2.28. The van der Waals surface area contributed by atoms with E-state index in [0.717, 1.165) is 4.31 Å². The molecule has 0 aliphatic heterocycles. The Bertz CT molecular complexity index is 588. The van der Waals surface area contributed by atoms with Gasteiger partial charge in [-0.25, -0.2) is 13.2 Å². The molecular weight excluding hydrogens is 313 g/mol. The second-order valence-electron chi connectivity index (χ2n) is 3.81. The molecule has 5 nitrogen and oxygen atoms in total. The van der Waals surface area contributed by atoms with E-state index in [1.165, 1.54) is 32.0 Å². The second kappa shape index (κ2) is 5.98. The summed E-state index contributed by atoms with van der Waals surface area (Å²) in [5.74, 6) is -1.51. The van der Waals surface area contributed by atoms with Gasteiger partial charge in [0.15, 0.2) is 0 Å². The average molecular weight is 326 g/mol. The summed E-state index contributed by atoms with van der Waals surface area (Å²) >= 11 is 11.8. The Labute approximate surface area is 121 Å².